The molecule has 2 unspecified atom stereocenters. The average Bonchev–Trinajstić information content (AvgIpc) is 3.32. The van der Waals surface area contributed by atoms with Gasteiger partial charge in [0.1, 0.15) is 56.1 Å². The van der Waals surface area contributed by atoms with Gasteiger partial charge in [-0.25, -0.2) is 14.4 Å². The molecule has 392 valence electrons. The van der Waals surface area contributed by atoms with Crippen molar-refractivity contribution in [2.24, 2.45) is 22.0 Å². The molecule has 0 saturated carbocycles. The van der Waals surface area contributed by atoms with Crippen molar-refractivity contribution in [3.8, 4) is 22.6 Å². The number of ether oxygens (including phenoxy) is 4. The minimum Gasteiger partial charge on any atom is -0.483 e. The van der Waals surface area contributed by atoms with Crippen LogP contribution in [0, 0.1) is 17.7 Å². The number of carbonyl (C=O) groups is 2. The lowest BCUT2D eigenvalue weighted by atomic mass is 9.92. The molecule has 9 rings (SSSR count). The summed E-state index contributed by atoms with van der Waals surface area (Å²) in [5, 5.41) is 12.2. The fraction of sp³-hybridized carbons (Fsp3) is 0.593. The molecule has 14 nitrogen and oxygen atoms in total. The number of amidine groups is 2. The smallest absolute Gasteiger partial charge is 0.267 e. The van der Waals surface area contributed by atoms with E-state index >= 15 is 4.39 Å². The Balaban J connectivity index is 0.000000195. The van der Waals surface area contributed by atoms with E-state index in [0.717, 1.165) is 76.0 Å². The fourth-order valence-electron chi connectivity index (χ4n) is 10.3. The van der Waals surface area contributed by atoms with E-state index in [0.29, 0.717) is 60.9 Å². The molecule has 2 amide bonds. The van der Waals surface area contributed by atoms with Crippen molar-refractivity contribution < 1.29 is 32.9 Å². The number of fused-ring (bicyclic) bond motifs is 6. The zero-order chi connectivity index (χ0) is 51.8. The number of anilines is 4. The van der Waals surface area contributed by atoms with E-state index in [4.69, 9.17) is 18.9 Å². The highest BCUT2D eigenvalue weighted by atomic mass is 79.9. The van der Waals surface area contributed by atoms with Crippen LogP contribution >= 0.6 is 15.9 Å². The predicted octanol–water partition coefficient (Wildman–Crippen LogP) is 11.3. The number of nitrogens with zero attached hydrogens (tertiary/aromatic N) is 8. The van der Waals surface area contributed by atoms with Crippen molar-refractivity contribution in [3.05, 3.63) is 58.8 Å². The van der Waals surface area contributed by atoms with Crippen LogP contribution in [0.1, 0.15) is 67.2 Å². The first-order valence-electron chi connectivity index (χ1n) is 26.2. The van der Waals surface area contributed by atoms with Gasteiger partial charge in [-0.1, -0.05) is 71.3 Å². The van der Waals surface area contributed by atoms with Gasteiger partial charge in [0.25, 0.3) is 11.8 Å². The molecule has 6 aliphatic rings. The van der Waals surface area contributed by atoms with Crippen LogP contribution < -0.4 is 29.1 Å². The second-order valence-electron chi connectivity index (χ2n) is 23.3. The van der Waals surface area contributed by atoms with Crippen molar-refractivity contribution in [2.45, 2.75) is 143 Å². The average molecular weight is 1090 g/mol. The van der Waals surface area contributed by atoms with Crippen LogP contribution in [0.15, 0.2) is 63.2 Å². The molecule has 3 aromatic rings. The Kier molecular flexibility index (Phi) is 16.5. The summed E-state index contributed by atoms with van der Waals surface area (Å²) in [7, 11) is -2.40. The number of carbonyl (C=O) groups excluding carboxylic acids is 2. The molecule has 0 aromatic heterocycles. The SMILES string of the molecule is CC1C(=O)N(COCC[Si](C)(C)C)N=C2COc3cc(-c4ccccc4F)c(N4C[C@H](C)CC[C@H]4C)cc3N21.CC1C(=O)N(COCC[Si](C)(C)C)N=C2COc3cc(Br)c(N4C[C@H](C)CC[C@H]4C)cc3N21. The molecule has 18 heteroatoms. The zero-order valence-corrected chi connectivity index (χ0v) is 48.4. The summed E-state index contributed by atoms with van der Waals surface area (Å²) in [6.07, 6.45) is 4.68. The first-order chi connectivity index (χ1) is 34.1. The molecule has 6 atom stereocenters. The van der Waals surface area contributed by atoms with E-state index < -0.39 is 22.2 Å². The maximum atomic E-state index is 15.1. The highest BCUT2D eigenvalue weighted by Gasteiger charge is 2.42. The van der Waals surface area contributed by atoms with Crippen LogP contribution in [0.4, 0.5) is 27.1 Å². The molecule has 0 bridgehead atoms. The summed E-state index contributed by atoms with van der Waals surface area (Å²) in [5.74, 6) is 3.59. The summed E-state index contributed by atoms with van der Waals surface area (Å²) >= 11 is 3.77. The van der Waals surface area contributed by atoms with Crippen LogP contribution in [0.2, 0.25) is 51.4 Å². The van der Waals surface area contributed by atoms with Gasteiger partial charge in [-0.3, -0.25) is 9.59 Å². The third-order valence-electron chi connectivity index (χ3n) is 14.8. The number of benzene rings is 3. The van der Waals surface area contributed by atoms with Crippen molar-refractivity contribution in [3.63, 3.8) is 0 Å². The van der Waals surface area contributed by atoms with Crippen LogP contribution in [-0.2, 0) is 19.1 Å². The van der Waals surface area contributed by atoms with Gasteiger partial charge in [0, 0.05) is 75.8 Å². The van der Waals surface area contributed by atoms with Crippen LogP contribution in [-0.4, -0.2) is 127 Å². The van der Waals surface area contributed by atoms with Gasteiger partial charge in [0.2, 0.25) is 0 Å². The van der Waals surface area contributed by atoms with Crippen molar-refractivity contribution in [2.75, 3.05) is 72.6 Å². The third-order valence-corrected chi connectivity index (χ3v) is 18.8. The first-order valence-corrected chi connectivity index (χ1v) is 34.4. The van der Waals surface area contributed by atoms with Crippen LogP contribution in [0.25, 0.3) is 11.1 Å². The number of hydrogen-bond acceptors (Lipinski definition) is 12. The first kappa shape index (κ1) is 53.8. The maximum Gasteiger partial charge on any atom is 0.267 e. The molecule has 6 heterocycles. The highest BCUT2D eigenvalue weighted by Crippen LogP contribution is 2.47. The second kappa shape index (κ2) is 22.1. The fourth-order valence-corrected chi connectivity index (χ4v) is 12.4. The summed E-state index contributed by atoms with van der Waals surface area (Å²) < 4.78 is 40.1. The molecular formula is C54H78BrFN8O6Si2. The van der Waals surface area contributed by atoms with E-state index in [-0.39, 0.29) is 43.7 Å². The molecule has 2 fully saturated rings. The van der Waals surface area contributed by atoms with Gasteiger partial charge in [-0.05, 0) is 124 Å². The minimum absolute atomic E-state index is 0.0518. The number of hydrogen-bond donors (Lipinski definition) is 0. The Morgan fingerprint density at radius 2 is 1.08 bits per heavy atom. The van der Waals surface area contributed by atoms with Gasteiger partial charge in [-0.2, -0.15) is 10.2 Å². The van der Waals surface area contributed by atoms with E-state index in [1.165, 1.54) is 35.3 Å². The summed E-state index contributed by atoms with van der Waals surface area (Å²) in [6.45, 7) is 30.9. The number of rotatable bonds is 13. The number of amides is 2. The van der Waals surface area contributed by atoms with E-state index in [2.05, 4.69) is 115 Å². The maximum absolute atomic E-state index is 15.1. The minimum atomic E-state index is -1.22. The normalized spacial score (nSPS) is 24.2. The topological polar surface area (TPSA) is 115 Å². The standard InChI is InChI=1S/C30H41FN4O3Si.C24H37BrN4O3Si/c1-20-11-12-21(2)33(17-20)26-16-27-28(15-24(26)23-9-7-8-10-25(23)31)38-18-29-32-34(30(36)22(3)35(27)29)19-37-13-14-39(4,5)6;1-16-7-8-17(2)27(13-16)20-12-21-22(11-19(20)25)32-14-23-26-28(24(30)18(3)29(21)23)15-31-9-10-33(4,5)6/h7-10,15-16,20-22H,11-14,17-19H2,1-6H3;11-12,16-18H,7-10,13-15H2,1-6H3/t20-,21-,22?;16-,17-,18?/m11/s1. The van der Waals surface area contributed by atoms with Gasteiger partial charge < -0.3 is 38.5 Å². The summed E-state index contributed by atoms with van der Waals surface area (Å²) in [4.78, 5) is 35.4. The quantitative estimate of drug-likeness (QED) is 0.121. The van der Waals surface area contributed by atoms with Crippen molar-refractivity contribution in [1.82, 2.24) is 10.0 Å². The Morgan fingerprint density at radius 3 is 1.57 bits per heavy atom. The lowest BCUT2D eigenvalue weighted by Gasteiger charge is -2.43. The van der Waals surface area contributed by atoms with Gasteiger partial charge in [-0.15, -0.1) is 0 Å². The Bertz CT molecular complexity index is 2540. The molecule has 3 aromatic carbocycles. The van der Waals surface area contributed by atoms with Crippen LogP contribution in [0.3, 0.4) is 0 Å². The molecule has 2 saturated heterocycles. The predicted molar refractivity (Wildman–Crippen MR) is 298 cm³/mol. The lowest BCUT2D eigenvalue weighted by molar-refractivity contribution is -0.139. The Labute approximate surface area is 438 Å². The Hall–Kier alpha value is -4.50. The number of hydrazone groups is 2. The number of halogens is 2. The van der Waals surface area contributed by atoms with Crippen molar-refractivity contribution >= 4 is 78.3 Å². The third kappa shape index (κ3) is 12.0. The summed E-state index contributed by atoms with van der Waals surface area (Å²) in [5.41, 5.74) is 5.16. The van der Waals surface area contributed by atoms with Gasteiger partial charge in [0.15, 0.2) is 11.7 Å². The highest BCUT2D eigenvalue weighted by molar-refractivity contribution is 9.10. The molecule has 72 heavy (non-hydrogen) atoms. The number of piperidine rings is 2. The molecule has 0 N–H and O–H groups in total. The van der Waals surface area contributed by atoms with E-state index in [1.54, 1.807) is 6.07 Å². The molecule has 0 spiro atoms. The molecule has 0 radical (unpaired) electrons. The van der Waals surface area contributed by atoms with Crippen LogP contribution in [0.5, 0.6) is 11.5 Å². The monoisotopic (exact) mass is 1090 g/mol. The molecule has 0 aliphatic carbocycles. The van der Waals surface area contributed by atoms with Gasteiger partial charge in [0.05, 0.1) is 17.1 Å². The largest absolute Gasteiger partial charge is 0.483 e. The summed E-state index contributed by atoms with van der Waals surface area (Å²) in [6, 6.07) is 17.1. The van der Waals surface area contributed by atoms with E-state index in [1.807, 2.05) is 47.9 Å². The second-order valence-corrected chi connectivity index (χ2v) is 35.4. The molecule has 6 aliphatic heterocycles. The Morgan fingerprint density at radius 1 is 0.625 bits per heavy atom. The lowest BCUT2D eigenvalue weighted by Crippen LogP contribution is -2.57. The molecular weight excluding hydrogens is 1010 g/mol. The van der Waals surface area contributed by atoms with Gasteiger partial charge >= 0.3 is 0 Å². The van der Waals surface area contributed by atoms with E-state index in [9.17, 15) is 9.59 Å². The zero-order valence-electron chi connectivity index (χ0n) is 44.8. The van der Waals surface area contributed by atoms with Crippen molar-refractivity contribution in [1.29, 1.82) is 0 Å².